The molecule has 2 rings (SSSR count). The minimum atomic E-state index is -4.65. The highest BCUT2D eigenvalue weighted by Crippen LogP contribution is 2.39. The van der Waals surface area contributed by atoms with Gasteiger partial charge in [-0.1, -0.05) is 35.5 Å². The normalized spacial score (nSPS) is 15.6. The van der Waals surface area contributed by atoms with E-state index < -0.39 is 23.5 Å². The molecule has 1 aromatic carbocycles. The summed E-state index contributed by atoms with van der Waals surface area (Å²) < 4.78 is 46.0. The van der Waals surface area contributed by atoms with Crippen molar-refractivity contribution in [1.29, 1.82) is 0 Å². The van der Waals surface area contributed by atoms with Gasteiger partial charge in [0.15, 0.2) is 5.54 Å². The van der Waals surface area contributed by atoms with Crippen LogP contribution in [0.15, 0.2) is 34.9 Å². The molecule has 1 N–H and O–H groups in total. The number of hydrogen-bond acceptors (Lipinski definition) is 3. The zero-order valence-electron chi connectivity index (χ0n) is 13.9. The number of nitrogens with zero attached hydrogens (tertiary/aromatic N) is 1. The van der Waals surface area contributed by atoms with Gasteiger partial charge >= 0.3 is 6.18 Å². The van der Waals surface area contributed by atoms with E-state index in [-0.39, 0.29) is 5.56 Å². The number of halogens is 3. The van der Waals surface area contributed by atoms with Crippen molar-refractivity contribution >= 4 is 5.91 Å². The van der Waals surface area contributed by atoms with E-state index in [9.17, 15) is 18.0 Å². The van der Waals surface area contributed by atoms with Crippen molar-refractivity contribution in [3.8, 4) is 0 Å². The molecule has 1 aromatic heterocycles. The number of carbonyl (C=O) groups excluding carboxylic acids is 1. The molecule has 0 saturated heterocycles. The first-order valence-corrected chi connectivity index (χ1v) is 7.45. The lowest BCUT2D eigenvalue weighted by atomic mass is 9.89. The summed E-state index contributed by atoms with van der Waals surface area (Å²) in [4.78, 5) is 12.5. The van der Waals surface area contributed by atoms with Gasteiger partial charge in [0.25, 0.3) is 0 Å². The average molecular weight is 340 g/mol. The van der Waals surface area contributed by atoms with E-state index in [1.54, 1.807) is 19.9 Å². The lowest BCUT2D eigenvalue weighted by Gasteiger charge is -2.34. The van der Waals surface area contributed by atoms with Gasteiger partial charge in [0.05, 0.1) is 11.6 Å². The summed E-state index contributed by atoms with van der Waals surface area (Å²) in [5, 5.41) is 5.90. The van der Waals surface area contributed by atoms with Crippen LogP contribution in [-0.2, 0) is 10.3 Å². The van der Waals surface area contributed by atoms with Gasteiger partial charge < -0.3 is 9.84 Å². The highest BCUT2D eigenvalue weighted by molar-refractivity contribution is 5.84. The molecule has 0 aliphatic rings. The van der Waals surface area contributed by atoms with Crippen LogP contribution in [0.4, 0.5) is 13.2 Å². The number of benzene rings is 1. The Kier molecular flexibility index (Phi) is 4.73. The van der Waals surface area contributed by atoms with Crippen molar-refractivity contribution in [3.05, 3.63) is 52.9 Å². The molecule has 1 heterocycles. The lowest BCUT2D eigenvalue weighted by Crippen LogP contribution is -2.54. The van der Waals surface area contributed by atoms with E-state index >= 15 is 0 Å². The maximum Gasteiger partial charge on any atom is 0.415 e. The summed E-state index contributed by atoms with van der Waals surface area (Å²) in [5.74, 6) is -1.14. The second-order valence-electron chi connectivity index (χ2n) is 5.94. The minimum absolute atomic E-state index is 0.0307. The minimum Gasteiger partial charge on any atom is -0.361 e. The second-order valence-corrected chi connectivity index (χ2v) is 5.94. The Morgan fingerprint density at radius 2 is 1.79 bits per heavy atom. The highest BCUT2D eigenvalue weighted by Gasteiger charge is 2.53. The third-order valence-electron chi connectivity index (χ3n) is 4.21. The molecule has 0 aliphatic heterocycles. The van der Waals surface area contributed by atoms with Crippen LogP contribution in [0.25, 0.3) is 0 Å². The monoisotopic (exact) mass is 340 g/mol. The third-order valence-corrected chi connectivity index (χ3v) is 4.21. The predicted octanol–water partition coefficient (Wildman–Crippen LogP) is 3.99. The molecule has 130 valence electrons. The second kappa shape index (κ2) is 6.30. The molecule has 0 spiro atoms. The Balaban J connectivity index is 2.36. The van der Waals surface area contributed by atoms with Crippen LogP contribution >= 0.6 is 0 Å². The SMILES string of the molecule is Cc1noc(C)c1[C@H](C)C(=O)N[C@@](C)(c1ccccc1)C(F)(F)F. The molecule has 0 fully saturated rings. The average Bonchev–Trinajstić information content (AvgIpc) is 2.85. The summed E-state index contributed by atoms with van der Waals surface area (Å²) in [6, 6.07) is 7.31. The number of rotatable bonds is 4. The number of amides is 1. The van der Waals surface area contributed by atoms with Gasteiger partial charge in [-0.25, -0.2) is 0 Å². The summed E-state index contributed by atoms with van der Waals surface area (Å²) in [7, 11) is 0. The summed E-state index contributed by atoms with van der Waals surface area (Å²) in [5.41, 5.74) is -1.52. The highest BCUT2D eigenvalue weighted by atomic mass is 19.4. The number of nitrogens with one attached hydrogen (secondary N) is 1. The van der Waals surface area contributed by atoms with E-state index in [4.69, 9.17) is 4.52 Å². The molecule has 0 saturated carbocycles. The first-order chi connectivity index (χ1) is 11.1. The number of hydrogen-bond donors (Lipinski definition) is 1. The maximum absolute atomic E-state index is 13.7. The Labute approximate surface area is 138 Å². The fourth-order valence-electron chi connectivity index (χ4n) is 2.67. The maximum atomic E-state index is 13.7. The molecule has 0 radical (unpaired) electrons. The van der Waals surface area contributed by atoms with Crippen molar-refractivity contribution in [1.82, 2.24) is 10.5 Å². The Hall–Kier alpha value is -2.31. The van der Waals surface area contributed by atoms with Gasteiger partial charge in [0.1, 0.15) is 5.76 Å². The molecule has 2 aromatic rings. The first kappa shape index (κ1) is 18.0. The molecule has 0 unspecified atom stereocenters. The van der Waals surface area contributed by atoms with Crippen LogP contribution in [0.5, 0.6) is 0 Å². The molecular formula is C17H19F3N2O2. The van der Waals surface area contributed by atoms with E-state index in [1.165, 1.54) is 31.2 Å². The first-order valence-electron chi connectivity index (χ1n) is 7.45. The van der Waals surface area contributed by atoms with Gasteiger partial charge in [0, 0.05) is 5.56 Å². The van der Waals surface area contributed by atoms with Crippen LogP contribution in [0.2, 0.25) is 0 Å². The van der Waals surface area contributed by atoms with Crippen LogP contribution in [0.1, 0.15) is 42.3 Å². The van der Waals surface area contributed by atoms with Gasteiger partial charge in [-0.2, -0.15) is 13.2 Å². The molecule has 7 heteroatoms. The zero-order chi connectivity index (χ0) is 18.1. The molecule has 0 bridgehead atoms. The van der Waals surface area contributed by atoms with Crippen molar-refractivity contribution < 1.29 is 22.5 Å². The quantitative estimate of drug-likeness (QED) is 0.916. The number of alkyl halides is 3. The predicted molar refractivity (Wildman–Crippen MR) is 82.4 cm³/mol. The van der Waals surface area contributed by atoms with Gasteiger partial charge in [-0.05, 0) is 33.3 Å². The summed E-state index contributed by atoms with van der Waals surface area (Å²) in [6.07, 6.45) is -4.65. The molecule has 1 amide bonds. The zero-order valence-corrected chi connectivity index (χ0v) is 13.9. The summed E-state index contributed by atoms with van der Waals surface area (Å²) >= 11 is 0. The molecule has 0 aliphatic carbocycles. The fraction of sp³-hybridized carbons (Fsp3) is 0.412. The number of aromatic nitrogens is 1. The van der Waals surface area contributed by atoms with Crippen LogP contribution in [-0.4, -0.2) is 17.2 Å². The molecule has 4 nitrogen and oxygen atoms in total. The number of aryl methyl sites for hydroxylation is 2. The summed E-state index contributed by atoms with van der Waals surface area (Å²) in [6.45, 7) is 5.76. The van der Waals surface area contributed by atoms with Crippen LogP contribution in [0, 0.1) is 13.8 Å². The number of carbonyl (C=O) groups is 1. The Bertz CT molecular complexity index is 706. The molecule has 2 atom stereocenters. The third kappa shape index (κ3) is 3.16. The molecule has 24 heavy (non-hydrogen) atoms. The fourth-order valence-corrected chi connectivity index (χ4v) is 2.67. The van der Waals surface area contributed by atoms with Crippen LogP contribution < -0.4 is 5.32 Å². The van der Waals surface area contributed by atoms with E-state index in [0.29, 0.717) is 17.0 Å². The van der Waals surface area contributed by atoms with Gasteiger partial charge in [-0.15, -0.1) is 0 Å². The Morgan fingerprint density at radius 3 is 2.25 bits per heavy atom. The van der Waals surface area contributed by atoms with Crippen molar-refractivity contribution in [3.63, 3.8) is 0 Å². The Morgan fingerprint density at radius 1 is 1.21 bits per heavy atom. The smallest absolute Gasteiger partial charge is 0.361 e. The van der Waals surface area contributed by atoms with Crippen molar-refractivity contribution in [2.24, 2.45) is 0 Å². The standard InChI is InChI=1S/C17H19F3N2O2/c1-10(14-11(2)22-24-12(14)3)15(23)21-16(4,17(18,19)20)13-8-6-5-7-9-13/h5-10H,1-4H3,(H,21,23)/t10-,16-/m0/s1. The van der Waals surface area contributed by atoms with Gasteiger partial charge in [-0.3, -0.25) is 4.79 Å². The largest absolute Gasteiger partial charge is 0.415 e. The topological polar surface area (TPSA) is 55.1 Å². The van der Waals surface area contributed by atoms with Crippen LogP contribution in [0.3, 0.4) is 0 Å². The van der Waals surface area contributed by atoms with E-state index in [0.717, 1.165) is 6.92 Å². The molecular weight excluding hydrogens is 321 g/mol. The lowest BCUT2D eigenvalue weighted by molar-refractivity contribution is -0.197. The van der Waals surface area contributed by atoms with E-state index in [1.807, 2.05) is 0 Å². The van der Waals surface area contributed by atoms with Crippen molar-refractivity contribution in [2.75, 3.05) is 0 Å². The van der Waals surface area contributed by atoms with E-state index in [2.05, 4.69) is 10.5 Å². The van der Waals surface area contributed by atoms with Crippen molar-refractivity contribution in [2.45, 2.75) is 45.3 Å². The van der Waals surface area contributed by atoms with Gasteiger partial charge in [0.2, 0.25) is 5.91 Å².